The van der Waals surface area contributed by atoms with Crippen molar-refractivity contribution < 1.29 is 15.0 Å². The number of hydrogen-bond donors (Lipinski definition) is 3. The van der Waals surface area contributed by atoms with Crippen LogP contribution in [0.5, 0.6) is 11.5 Å². The van der Waals surface area contributed by atoms with Crippen molar-refractivity contribution in [1.29, 1.82) is 0 Å². The highest BCUT2D eigenvalue weighted by Crippen LogP contribution is 2.22. The molecule has 0 saturated heterocycles. The van der Waals surface area contributed by atoms with E-state index in [4.69, 9.17) is 0 Å². The van der Waals surface area contributed by atoms with Crippen LogP contribution in [-0.4, -0.2) is 26.9 Å². The SMILES string of the molecule is O=C(N/N=C/c1ccc(O)cc1O)c1cc2ccccc2n1Cc1ccccc1. The second-order valence-corrected chi connectivity index (χ2v) is 6.60. The van der Waals surface area contributed by atoms with Crippen LogP contribution in [0.1, 0.15) is 21.6 Å². The molecular weight excluding hydrogens is 366 g/mol. The molecule has 4 aromatic rings. The zero-order chi connectivity index (χ0) is 20.2. The molecule has 0 radical (unpaired) electrons. The van der Waals surface area contributed by atoms with Crippen LogP contribution in [0.4, 0.5) is 0 Å². The van der Waals surface area contributed by atoms with E-state index in [9.17, 15) is 15.0 Å². The lowest BCUT2D eigenvalue weighted by Crippen LogP contribution is -2.21. The number of aromatic nitrogens is 1. The molecular formula is C23H19N3O3. The molecule has 0 unspecified atom stereocenters. The van der Waals surface area contributed by atoms with Crippen LogP contribution in [0, 0.1) is 0 Å². The molecule has 144 valence electrons. The highest BCUT2D eigenvalue weighted by atomic mass is 16.3. The Morgan fingerprint density at radius 1 is 0.966 bits per heavy atom. The first-order valence-corrected chi connectivity index (χ1v) is 9.09. The third-order valence-corrected chi connectivity index (χ3v) is 4.61. The number of amides is 1. The van der Waals surface area contributed by atoms with Gasteiger partial charge in [-0.1, -0.05) is 48.5 Å². The largest absolute Gasteiger partial charge is 0.508 e. The molecule has 6 nitrogen and oxygen atoms in total. The minimum atomic E-state index is -0.355. The minimum absolute atomic E-state index is 0.0471. The molecule has 0 atom stereocenters. The van der Waals surface area contributed by atoms with Gasteiger partial charge in [0.15, 0.2) is 0 Å². The summed E-state index contributed by atoms with van der Waals surface area (Å²) >= 11 is 0. The van der Waals surface area contributed by atoms with Gasteiger partial charge in [-0.3, -0.25) is 4.79 Å². The van der Waals surface area contributed by atoms with Crippen LogP contribution in [0.3, 0.4) is 0 Å². The van der Waals surface area contributed by atoms with E-state index >= 15 is 0 Å². The Morgan fingerprint density at radius 3 is 2.52 bits per heavy atom. The van der Waals surface area contributed by atoms with E-state index < -0.39 is 0 Å². The summed E-state index contributed by atoms with van der Waals surface area (Å²) in [5.74, 6) is -0.526. The van der Waals surface area contributed by atoms with Crippen LogP contribution in [0.25, 0.3) is 10.9 Å². The molecule has 1 amide bonds. The van der Waals surface area contributed by atoms with Crippen molar-refractivity contribution in [3.05, 3.63) is 95.7 Å². The summed E-state index contributed by atoms with van der Waals surface area (Å²) in [6.45, 7) is 0.555. The van der Waals surface area contributed by atoms with Gasteiger partial charge in [0, 0.05) is 29.1 Å². The van der Waals surface area contributed by atoms with Gasteiger partial charge in [0.25, 0.3) is 5.91 Å². The first-order chi connectivity index (χ1) is 14.1. The molecule has 6 heteroatoms. The maximum atomic E-state index is 12.8. The fraction of sp³-hybridized carbons (Fsp3) is 0.0435. The fourth-order valence-electron chi connectivity index (χ4n) is 3.19. The van der Waals surface area contributed by atoms with Crippen LogP contribution < -0.4 is 5.43 Å². The monoisotopic (exact) mass is 385 g/mol. The lowest BCUT2D eigenvalue weighted by Gasteiger charge is -2.10. The summed E-state index contributed by atoms with van der Waals surface area (Å²) < 4.78 is 1.95. The first-order valence-electron chi connectivity index (χ1n) is 9.09. The molecule has 0 spiro atoms. The number of hydrazone groups is 1. The van der Waals surface area contributed by atoms with Crippen molar-refractivity contribution >= 4 is 23.0 Å². The summed E-state index contributed by atoms with van der Waals surface area (Å²) in [6.07, 6.45) is 1.33. The number of aromatic hydroxyl groups is 2. The van der Waals surface area contributed by atoms with E-state index in [1.165, 1.54) is 24.4 Å². The molecule has 1 heterocycles. The number of nitrogens with zero attached hydrogens (tertiary/aromatic N) is 2. The van der Waals surface area contributed by atoms with Gasteiger partial charge in [0.05, 0.1) is 6.21 Å². The summed E-state index contributed by atoms with van der Waals surface area (Å²) in [7, 11) is 0. The highest BCUT2D eigenvalue weighted by Gasteiger charge is 2.15. The third-order valence-electron chi connectivity index (χ3n) is 4.61. The van der Waals surface area contributed by atoms with E-state index in [0.717, 1.165) is 16.5 Å². The summed E-state index contributed by atoms with van der Waals surface area (Å²) in [5.41, 5.74) is 5.43. The normalized spacial score (nSPS) is 11.2. The zero-order valence-corrected chi connectivity index (χ0v) is 15.5. The summed E-state index contributed by atoms with van der Waals surface area (Å²) in [4.78, 5) is 12.8. The fourth-order valence-corrected chi connectivity index (χ4v) is 3.19. The van der Waals surface area contributed by atoms with Crippen molar-refractivity contribution in [3.63, 3.8) is 0 Å². The average Bonchev–Trinajstić information content (AvgIpc) is 3.09. The zero-order valence-electron chi connectivity index (χ0n) is 15.5. The number of carbonyl (C=O) groups excluding carboxylic acids is 1. The number of fused-ring (bicyclic) bond motifs is 1. The van der Waals surface area contributed by atoms with Gasteiger partial charge >= 0.3 is 0 Å². The average molecular weight is 385 g/mol. The van der Waals surface area contributed by atoms with E-state index in [-0.39, 0.29) is 17.4 Å². The van der Waals surface area contributed by atoms with Crippen molar-refractivity contribution in [2.24, 2.45) is 5.10 Å². The molecule has 0 bridgehead atoms. The Balaban J connectivity index is 1.61. The molecule has 0 aliphatic carbocycles. The van der Waals surface area contributed by atoms with Crippen molar-refractivity contribution in [3.8, 4) is 11.5 Å². The van der Waals surface area contributed by atoms with E-state index in [1.54, 1.807) is 0 Å². The highest BCUT2D eigenvalue weighted by molar-refractivity contribution is 5.99. The van der Waals surface area contributed by atoms with Crippen LogP contribution in [-0.2, 0) is 6.54 Å². The molecule has 0 fully saturated rings. The number of hydrogen-bond acceptors (Lipinski definition) is 4. The number of phenols is 2. The van der Waals surface area contributed by atoms with Crippen molar-refractivity contribution in [1.82, 2.24) is 9.99 Å². The van der Waals surface area contributed by atoms with Crippen LogP contribution in [0.15, 0.2) is 84.0 Å². The van der Waals surface area contributed by atoms with Crippen molar-refractivity contribution in [2.75, 3.05) is 0 Å². The Labute approximate surface area is 167 Å². The number of nitrogens with one attached hydrogen (secondary N) is 1. The molecule has 29 heavy (non-hydrogen) atoms. The van der Waals surface area contributed by atoms with Gasteiger partial charge in [-0.25, -0.2) is 5.43 Å². The number of benzene rings is 3. The van der Waals surface area contributed by atoms with E-state index in [1.807, 2.05) is 65.2 Å². The Hall–Kier alpha value is -4.06. The predicted molar refractivity (Wildman–Crippen MR) is 112 cm³/mol. The lowest BCUT2D eigenvalue weighted by atomic mass is 10.2. The maximum absolute atomic E-state index is 12.8. The van der Waals surface area contributed by atoms with Gasteiger partial charge in [-0.05, 0) is 29.8 Å². The molecule has 0 saturated carbocycles. The number of rotatable bonds is 5. The predicted octanol–water partition coefficient (Wildman–Crippen LogP) is 3.86. The van der Waals surface area contributed by atoms with Crippen LogP contribution >= 0.6 is 0 Å². The lowest BCUT2D eigenvalue weighted by molar-refractivity contribution is 0.0946. The van der Waals surface area contributed by atoms with E-state index in [0.29, 0.717) is 17.8 Å². The third kappa shape index (κ3) is 3.96. The molecule has 0 aliphatic rings. The summed E-state index contributed by atoms with van der Waals surface area (Å²) in [6, 6.07) is 23.7. The standard InChI is InChI=1S/C23H19N3O3/c27-19-11-10-18(22(28)13-19)14-24-25-23(29)21-12-17-8-4-5-9-20(17)26(21)15-16-6-2-1-3-7-16/h1-14,27-28H,15H2,(H,25,29)/b24-14+. The Kier molecular flexibility index (Phi) is 4.99. The van der Waals surface area contributed by atoms with Gasteiger partial charge in [0.2, 0.25) is 0 Å². The number of carbonyl (C=O) groups is 1. The van der Waals surface area contributed by atoms with Crippen molar-refractivity contribution in [2.45, 2.75) is 6.54 Å². The Bertz CT molecular complexity index is 1200. The topological polar surface area (TPSA) is 86.8 Å². The maximum Gasteiger partial charge on any atom is 0.288 e. The second kappa shape index (κ2) is 7.90. The quantitative estimate of drug-likeness (QED) is 0.360. The molecule has 0 aliphatic heterocycles. The van der Waals surface area contributed by atoms with Gasteiger partial charge in [0.1, 0.15) is 17.2 Å². The van der Waals surface area contributed by atoms with E-state index in [2.05, 4.69) is 10.5 Å². The molecule has 3 aromatic carbocycles. The first kappa shape index (κ1) is 18.3. The smallest absolute Gasteiger partial charge is 0.288 e. The summed E-state index contributed by atoms with van der Waals surface area (Å²) in [5, 5.41) is 24.1. The number of phenolic OH excluding ortho intramolecular Hbond substituents is 2. The number of para-hydroxylation sites is 1. The molecule has 3 N–H and O–H groups in total. The van der Waals surface area contributed by atoms with Crippen LogP contribution in [0.2, 0.25) is 0 Å². The van der Waals surface area contributed by atoms with Gasteiger partial charge < -0.3 is 14.8 Å². The molecule has 4 rings (SSSR count). The second-order valence-electron chi connectivity index (χ2n) is 6.60. The van der Waals surface area contributed by atoms with Gasteiger partial charge in [-0.15, -0.1) is 0 Å². The minimum Gasteiger partial charge on any atom is -0.508 e. The molecule has 1 aromatic heterocycles. The van der Waals surface area contributed by atoms with Gasteiger partial charge in [-0.2, -0.15) is 5.10 Å². The Morgan fingerprint density at radius 2 is 1.72 bits per heavy atom.